The van der Waals surface area contributed by atoms with E-state index in [1.165, 1.54) is 0 Å². The minimum atomic E-state index is -4.77. The Balaban J connectivity index is 2.61. The van der Waals surface area contributed by atoms with Gasteiger partial charge in [-0.1, -0.05) is 0 Å². The van der Waals surface area contributed by atoms with Crippen LogP contribution in [0, 0.1) is 11.6 Å². The largest absolute Gasteiger partial charge is 0.416 e. The van der Waals surface area contributed by atoms with Crippen molar-refractivity contribution in [3.8, 4) is 0 Å². The molecule has 0 aliphatic heterocycles. The van der Waals surface area contributed by atoms with Crippen LogP contribution in [-0.2, 0) is 0 Å². The fourth-order valence-corrected chi connectivity index (χ4v) is 0.986. The van der Waals surface area contributed by atoms with Crippen LogP contribution < -0.4 is 5.32 Å². The van der Waals surface area contributed by atoms with Gasteiger partial charge in [0, 0.05) is 18.3 Å². The van der Waals surface area contributed by atoms with Gasteiger partial charge >= 0.3 is 6.18 Å². The standard InChI is InChI=1S/C9H8F5NO/c10-5-1-6(11)3-7(2-5)15-4-8(16)9(12,13)14/h1-3,8,15-16H,4H2. The van der Waals surface area contributed by atoms with Crippen molar-refractivity contribution in [3.05, 3.63) is 29.8 Å². The molecule has 1 rings (SSSR count). The molecule has 0 radical (unpaired) electrons. The Kier molecular flexibility index (Phi) is 3.69. The molecule has 7 heteroatoms. The second kappa shape index (κ2) is 4.65. The molecular weight excluding hydrogens is 233 g/mol. The summed E-state index contributed by atoms with van der Waals surface area (Å²) in [5.74, 6) is -1.83. The van der Waals surface area contributed by atoms with E-state index in [0.29, 0.717) is 6.07 Å². The molecule has 1 aromatic carbocycles. The lowest BCUT2D eigenvalue weighted by atomic mass is 10.2. The van der Waals surface area contributed by atoms with Crippen LogP contribution in [0.25, 0.3) is 0 Å². The van der Waals surface area contributed by atoms with Gasteiger partial charge in [0.15, 0.2) is 6.10 Å². The molecule has 0 spiro atoms. The molecule has 0 amide bonds. The van der Waals surface area contributed by atoms with E-state index in [2.05, 4.69) is 5.32 Å². The van der Waals surface area contributed by atoms with Crippen LogP contribution in [0.5, 0.6) is 0 Å². The average Bonchev–Trinajstić information content (AvgIpc) is 2.11. The molecule has 0 heterocycles. The highest BCUT2D eigenvalue weighted by Gasteiger charge is 2.37. The molecular formula is C9H8F5NO. The highest BCUT2D eigenvalue weighted by atomic mass is 19.4. The Morgan fingerprint density at radius 3 is 2.06 bits per heavy atom. The minimum Gasteiger partial charge on any atom is -0.382 e. The van der Waals surface area contributed by atoms with Gasteiger partial charge in [-0.2, -0.15) is 13.2 Å². The number of rotatable bonds is 3. The van der Waals surface area contributed by atoms with Gasteiger partial charge in [-0.05, 0) is 12.1 Å². The Hall–Kier alpha value is -1.37. The summed E-state index contributed by atoms with van der Waals surface area (Å²) in [5, 5.41) is 10.7. The molecule has 2 nitrogen and oxygen atoms in total. The van der Waals surface area contributed by atoms with Crippen molar-refractivity contribution in [2.24, 2.45) is 0 Å². The molecule has 0 saturated carbocycles. The van der Waals surface area contributed by atoms with Gasteiger partial charge in [-0.25, -0.2) is 8.78 Å². The SMILES string of the molecule is OC(CNc1cc(F)cc(F)c1)C(F)(F)F. The summed E-state index contributed by atoms with van der Waals surface area (Å²) in [5.41, 5.74) is -0.166. The number of hydrogen-bond acceptors (Lipinski definition) is 2. The maximum atomic E-state index is 12.6. The number of aliphatic hydroxyl groups is 1. The van der Waals surface area contributed by atoms with E-state index in [9.17, 15) is 22.0 Å². The van der Waals surface area contributed by atoms with E-state index in [0.717, 1.165) is 12.1 Å². The summed E-state index contributed by atoms with van der Waals surface area (Å²) in [6.45, 7) is -0.869. The van der Waals surface area contributed by atoms with Crippen molar-refractivity contribution in [2.75, 3.05) is 11.9 Å². The van der Waals surface area contributed by atoms with Crippen molar-refractivity contribution < 1.29 is 27.1 Å². The minimum absolute atomic E-state index is 0.166. The molecule has 0 aliphatic carbocycles. The molecule has 0 aromatic heterocycles. The lowest BCUT2D eigenvalue weighted by molar-refractivity contribution is -0.198. The predicted octanol–water partition coefficient (Wildman–Crippen LogP) is 2.30. The normalized spacial score (nSPS) is 13.6. The zero-order valence-corrected chi connectivity index (χ0v) is 7.85. The molecule has 2 N–H and O–H groups in total. The smallest absolute Gasteiger partial charge is 0.382 e. The Morgan fingerprint density at radius 2 is 1.62 bits per heavy atom. The zero-order valence-electron chi connectivity index (χ0n) is 7.85. The Morgan fingerprint density at radius 1 is 1.12 bits per heavy atom. The summed E-state index contributed by atoms with van der Waals surface area (Å²) in [6.07, 6.45) is -7.35. The molecule has 1 unspecified atom stereocenters. The Bertz CT molecular complexity index is 345. The molecule has 90 valence electrons. The maximum Gasteiger partial charge on any atom is 0.416 e. The first-order valence-corrected chi connectivity index (χ1v) is 4.24. The second-order valence-electron chi connectivity index (χ2n) is 3.10. The summed E-state index contributed by atoms with van der Waals surface area (Å²) in [7, 11) is 0. The van der Waals surface area contributed by atoms with Crippen molar-refractivity contribution in [3.63, 3.8) is 0 Å². The molecule has 1 aromatic rings. The number of alkyl halides is 3. The van der Waals surface area contributed by atoms with Crippen molar-refractivity contribution >= 4 is 5.69 Å². The van der Waals surface area contributed by atoms with Crippen LogP contribution in [0.15, 0.2) is 18.2 Å². The number of hydrogen-bond donors (Lipinski definition) is 2. The van der Waals surface area contributed by atoms with Crippen LogP contribution in [0.1, 0.15) is 0 Å². The van der Waals surface area contributed by atoms with Gasteiger partial charge in [-0.15, -0.1) is 0 Å². The highest BCUT2D eigenvalue weighted by molar-refractivity contribution is 5.43. The van der Waals surface area contributed by atoms with Gasteiger partial charge in [0.25, 0.3) is 0 Å². The number of anilines is 1. The molecule has 0 fully saturated rings. The fraction of sp³-hybridized carbons (Fsp3) is 0.333. The lowest BCUT2D eigenvalue weighted by Gasteiger charge is -2.15. The number of benzene rings is 1. The fourth-order valence-electron chi connectivity index (χ4n) is 0.986. The second-order valence-corrected chi connectivity index (χ2v) is 3.10. The van der Waals surface area contributed by atoms with Crippen molar-refractivity contribution in [1.29, 1.82) is 0 Å². The van der Waals surface area contributed by atoms with Gasteiger partial charge in [0.2, 0.25) is 0 Å². The van der Waals surface area contributed by atoms with Crippen LogP contribution in [-0.4, -0.2) is 23.9 Å². The third-order valence-corrected chi connectivity index (χ3v) is 1.74. The number of aliphatic hydroxyl groups excluding tert-OH is 1. The summed E-state index contributed by atoms with van der Waals surface area (Å²) >= 11 is 0. The summed E-state index contributed by atoms with van der Waals surface area (Å²) in [6, 6.07) is 2.24. The zero-order chi connectivity index (χ0) is 12.3. The maximum absolute atomic E-state index is 12.6. The lowest BCUT2D eigenvalue weighted by Crippen LogP contribution is -2.35. The van der Waals surface area contributed by atoms with Crippen molar-refractivity contribution in [2.45, 2.75) is 12.3 Å². The van der Waals surface area contributed by atoms with E-state index in [-0.39, 0.29) is 5.69 Å². The van der Waals surface area contributed by atoms with Crippen LogP contribution in [0.2, 0.25) is 0 Å². The van der Waals surface area contributed by atoms with Crippen LogP contribution in [0.4, 0.5) is 27.6 Å². The van der Waals surface area contributed by atoms with Gasteiger partial charge in [0.1, 0.15) is 11.6 Å². The average molecular weight is 241 g/mol. The third kappa shape index (κ3) is 3.65. The van der Waals surface area contributed by atoms with E-state index in [1.807, 2.05) is 0 Å². The summed E-state index contributed by atoms with van der Waals surface area (Å²) in [4.78, 5) is 0. The molecule has 0 saturated heterocycles. The monoisotopic (exact) mass is 241 g/mol. The van der Waals surface area contributed by atoms with E-state index in [1.54, 1.807) is 0 Å². The third-order valence-electron chi connectivity index (χ3n) is 1.74. The first-order valence-electron chi connectivity index (χ1n) is 4.24. The predicted molar refractivity (Wildman–Crippen MR) is 46.9 cm³/mol. The number of halogens is 5. The summed E-state index contributed by atoms with van der Waals surface area (Å²) < 4.78 is 60.9. The van der Waals surface area contributed by atoms with Crippen LogP contribution >= 0.6 is 0 Å². The highest BCUT2D eigenvalue weighted by Crippen LogP contribution is 2.21. The van der Waals surface area contributed by atoms with Crippen LogP contribution in [0.3, 0.4) is 0 Å². The van der Waals surface area contributed by atoms with E-state index >= 15 is 0 Å². The number of nitrogens with one attached hydrogen (secondary N) is 1. The van der Waals surface area contributed by atoms with Gasteiger partial charge < -0.3 is 10.4 Å². The van der Waals surface area contributed by atoms with Gasteiger partial charge in [-0.3, -0.25) is 0 Å². The van der Waals surface area contributed by atoms with E-state index in [4.69, 9.17) is 5.11 Å². The Labute approximate surface area is 87.7 Å². The first kappa shape index (κ1) is 12.7. The molecule has 0 bridgehead atoms. The van der Waals surface area contributed by atoms with Gasteiger partial charge in [0.05, 0.1) is 0 Å². The molecule has 1 atom stereocenters. The van der Waals surface area contributed by atoms with E-state index < -0.39 is 30.5 Å². The first-order chi connectivity index (χ1) is 7.29. The molecule has 0 aliphatic rings. The quantitative estimate of drug-likeness (QED) is 0.796. The van der Waals surface area contributed by atoms with Crippen molar-refractivity contribution in [1.82, 2.24) is 0 Å². The topological polar surface area (TPSA) is 32.3 Å². The molecule has 16 heavy (non-hydrogen) atoms.